The molecule has 2 aromatic heterocycles. The molecular formula is C10H9ClN2OS. The van der Waals surface area contributed by atoms with Crippen LogP contribution in [0.3, 0.4) is 0 Å². The quantitative estimate of drug-likeness (QED) is 0.875. The molecule has 0 aliphatic carbocycles. The molecule has 0 aliphatic rings. The number of nitrogens with two attached hydrogens (primary N) is 1. The topological polar surface area (TPSA) is 52.0 Å². The molecule has 0 bridgehead atoms. The summed E-state index contributed by atoms with van der Waals surface area (Å²) in [4.78, 5) is 5.17. The Morgan fingerprint density at radius 3 is 2.93 bits per heavy atom. The molecule has 0 atom stereocenters. The molecule has 15 heavy (non-hydrogen) atoms. The molecule has 2 rings (SSSR count). The number of hydrogen-bond acceptors (Lipinski definition) is 4. The van der Waals surface area contributed by atoms with Crippen LogP contribution in [-0.4, -0.2) is 4.98 Å². The van der Waals surface area contributed by atoms with Gasteiger partial charge in [0.15, 0.2) is 0 Å². The van der Waals surface area contributed by atoms with E-state index in [0.717, 1.165) is 15.7 Å². The summed E-state index contributed by atoms with van der Waals surface area (Å²) < 4.78 is 5.18. The van der Waals surface area contributed by atoms with Crippen LogP contribution in [0, 0.1) is 6.92 Å². The minimum atomic E-state index is 0.542. The first-order valence-electron chi connectivity index (χ1n) is 4.30. The van der Waals surface area contributed by atoms with Gasteiger partial charge in [0.05, 0.1) is 21.9 Å². The Morgan fingerprint density at radius 2 is 2.33 bits per heavy atom. The van der Waals surface area contributed by atoms with Gasteiger partial charge in [-0.3, -0.25) is 0 Å². The minimum Gasteiger partial charge on any atom is -0.468 e. The summed E-state index contributed by atoms with van der Waals surface area (Å²) in [5, 5.41) is 1.28. The van der Waals surface area contributed by atoms with Gasteiger partial charge in [-0.25, -0.2) is 4.98 Å². The number of rotatable bonds is 2. The third-order valence-corrected chi connectivity index (χ3v) is 3.25. The van der Waals surface area contributed by atoms with E-state index in [1.54, 1.807) is 18.5 Å². The normalized spacial score (nSPS) is 10.5. The lowest BCUT2D eigenvalue weighted by atomic mass is 10.4. The number of hydrogen-bond donors (Lipinski definition) is 1. The largest absolute Gasteiger partial charge is 0.468 e. The monoisotopic (exact) mass is 240 g/mol. The number of halogens is 1. The van der Waals surface area contributed by atoms with Crippen molar-refractivity contribution in [2.75, 3.05) is 5.73 Å². The standard InChI is InChI=1S/C10H9ClN2OS/c1-6-9(2-3-14-6)15-10-8(12)4-7(11)5-13-10/h2-5H,12H2,1H3. The van der Waals surface area contributed by atoms with Gasteiger partial charge in [0.25, 0.3) is 0 Å². The maximum absolute atomic E-state index is 5.79. The lowest BCUT2D eigenvalue weighted by Crippen LogP contribution is -1.91. The fraction of sp³-hybridized carbons (Fsp3) is 0.100. The smallest absolute Gasteiger partial charge is 0.124 e. The van der Waals surface area contributed by atoms with Gasteiger partial charge in [-0.15, -0.1) is 0 Å². The molecule has 3 nitrogen and oxygen atoms in total. The third-order valence-electron chi connectivity index (χ3n) is 1.86. The molecule has 0 saturated carbocycles. The highest BCUT2D eigenvalue weighted by Gasteiger charge is 2.08. The second-order valence-electron chi connectivity index (χ2n) is 2.99. The highest BCUT2D eigenvalue weighted by molar-refractivity contribution is 7.99. The van der Waals surface area contributed by atoms with Gasteiger partial charge in [0.1, 0.15) is 10.8 Å². The van der Waals surface area contributed by atoms with Gasteiger partial charge in [0, 0.05) is 6.20 Å². The van der Waals surface area contributed by atoms with Crippen molar-refractivity contribution < 1.29 is 4.42 Å². The average molecular weight is 241 g/mol. The van der Waals surface area contributed by atoms with Crippen LogP contribution in [0.1, 0.15) is 5.76 Å². The van der Waals surface area contributed by atoms with E-state index in [4.69, 9.17) is 21.8 Å². The van der Waals surface area contributed by atoms with Crippen LogP contribution in [0.5, 0.6) is 0 Å². The Labute approximate surface area is 96.6 Å². The van der Waals surface area contributed by atoms with Crippen molar-refractivity contribution in [1.29, 1.82) is 0 Å². The van der Waals surface area contributed by atoms with Gasteiger partial charge < -0.3 is 10.2 Å². The Balaban J connectivity index is 2.29. The first-order chi connectivity index (χ1) is 7.16. The van der Waals surface area contributed by atoms with E-state index < -0.39 is 0 Å². The second-order valence-corrected chi connectivity index (χ2v) is 4.46. The summed E-state index contributed by atoms with van der Waals surface area (Å²) in [5.74, 6) is 0.858. The summed E-state index contributed by atoms with van der Waals surface area (Å²) >= 11 is 7.23. The van der Waals surface area contributed by atoms with Crippen LogP contribution >= 0.6 is 23.4 Å². The van der Waals surface area contributed by atoms with Crippen LogP contribution in [0.2, 0.25) is 5.02 Å². The molecule has 2 heterocycles. The van der Waals surface area contributed by atoms with Crippen molar-refractivity contribution >= 4 is 29.1 Å². The van der Waals surface area contributed by atoms with Crippen molar-refractivity contribution in [2.24, 2.45) is 0 Å². The molecular weight excluding hydrogens is 232 g/mol. The van der Waals surface area contributed by atoms with Crippen LogP contribution in [0.25, 0.3) is 0 Å². The zero-order valence-electron chi connectivity index (χ0n) is 8.03. The lowest BCUT2D eigenvalue weighted by molar-refractivity contribution is 0.527. The summed E-state index contributed by atoms with van der Waals surface area (Å²) in [5.41, 5.74) is 6.37. The van der Waals surface area contributed by atoms with E-state index in [9.17, 15) is 0 Å². The molecule has 0 fully saturated rings. The van der Waals surface area contributed by atoms with E-state index in [1.165, 1.54) is 11.8 Å². The Kier molecular flexibility index (Phi) is 2.88. The summed E-state index contributed by atoms with van der Waals surface area (Å²) in [6.07, 6.45) is 3.22. The van der Waals surface area contributed by atoms with Crippen LogP contribution in [-0.2, 0) is 0 Å². The molecule has 0 aliphatic heterocycles. The second kappa shape index (κ2) is 4.16. The van der Waals surface area contributed by atoms with Crippen LogP contribution < -0.4 is 5.73 Å². The van der Waals surface area contributed by atoms with Crippen molar-refractivity contribution in [3.8, 4) is 0 Å². The number of furan rings is 1. The molecule has 0 radical (unpaired) electrons. The number of anilines is 1. The predicted molar refractivity (Wildman–Crippen MR) is 61.2 cm³/mol. The van der Waals surface area contributed by atoms with Gasteiger partial charge in [-0.1, -0.05) is 23.4 Å². The number of aryl methyl sites for hydroxylation is 1. The molecule has 2 N–H and O–H groups in total. The number of aromatic nitrogens is 1. The van der Waals surface area contributed by atoms with Gasteiger partial charge in [0.2, 0.25) is 0 Å². The van der Waals surface area contributed by atoms with E-state index >= 15 is 0 Å². The van der Waals surface area contributed by atoms with Crippen molar-refractivity contribution in [1.82, 2.24) is 4.98 Å². The van der Waals surface area contributed by atoms with Crippen molar-refractivity contribution in [3.63, 3.8) is 0 Å². The van der Waals surface area contributed by atoms with E-state index in [1.807, 2.05) is 13.0 Å². The molecule has 2 aromatic rings. The summed E-state index contributed by atoms with van der Waals surface area (Å²) in [6, 6.07) is 3.57. The molecule has 5 heteroatoms. The summed E-state index contributed by atoms with van der Waals surface area (Å²) in [6.45, 7) is 1.90. The molecule has 0 unspecified atom stereocenters. The molecule has 78 valence electrons. The minimum absolute atomic E-state index is 0.542. The molecule has 0 aromatic carbocycles. The fourth-order valence-electron chi connectivity index (χ4n) is 1.11. The summed E-state index contributed by atoms with van der Waals surface area (Å²) in [7, 11) is 0. The highest BCUT2D eigenvalue weighted by Crippen LogP contribution is 2.33. The molecule has 0 spiro atoms. The van der Waals surface area contributed by atoms with Crippen LogP contribution in [0.15, 0.2) is 38.9 Å². The maximum atomic E-state index is 5.79. The van der Waals surface area contributed by atoms with Gasteiger partial charge in [-0.2, -0.15) is 0 Å². The number of pyridine rings is 1. The van der Waals surface area contributed by atoms with Crippen molar-refractivity contribution in [2.45, 2.75) is 16.8 Å². The first-order valence-corrected chi connectivity index (χ1v) is 5.49. The van der Waals surface area contributed by atoms with E-state index in [0.29, 0.717) is 10.7 Å². The number of nitrogens with zero attached hydrogens (tertiary/aromatic N) is 1. The maximum Gasteiger partial charge on any atom is 0.124 e. The zero-order valence-corrected chi connectivity index (χ0v) is 9.60. The SMILES string of the molecule is Cc1occc1Sc1ncc(Cl)cc1N. The Hall–Kier alpha value is -1.13. The van der Waals surface area contributed by atoms with E-state index in [2.05, 4.69) is 4.98 Å². The average Bonchev–Trinajstić information content (AvgIpc) is 2.57. The highest BCUT2D eigenvalue weighted by atomic mass is 35.5. The first kappa shape index (κ1) is 10.4. The Morgan fingerprint density at radius 1 is 1.53 bits per heavy atom. The zero-order chi connectivity index (χ0) is 10.8. The van der Waals surface area contributed by atoms with Gasteiger partial charge in [-0.05, 0) is 19.1 Å². The van der Waals surface area contributed by atoms with Gasteiger partial charge >= 0.3 is 0 Å². The van der Waals surface area contributed by atoms with Crippen LogP contribution in [0.4, 0.5) is 5.69 Å². The lowest BCUT2D eigenvalue weighted by Gasteiger charge is -2.03. The van der Waals surface area contributed by atoms with E-state index in [-0.39, 0.29) is 0 Å². The Bertz CT molecular complexity index is 484. The number of nitrogen functional groups attached to an aromatic ring is 1. The molecule has 0 saturated heterocycles. The third kappa shape index (κ3) is 2.27. The molecule has 0 amide bonds. The predicted octanol–water partition coefficient (Wildman–Crippen LogP) is 3.37. The fourth-order valence-corrected chi connectivity index (χ4v) is 2.08. The van der Waals surface area contributed by atoms with Crippen molar-refractivity contribution in [3.05, 3.63) is 35.4 Å².